The summed E-state index contributed by atoms with van der Waals surface area (Å²) in [5.74, 6) is 0. The van der Waals surface area contributed by atoms with Crippen LogP contribution in [0.5, 0.6) is 0 Å². The van der Waals surface area contributed by atoms with Crippen LogP contribution in [0.25, 0.3) is 10.2 Å². The van der Waals surface area contributed by atoms with E-state index in [-0.39, 0.29) is 23.9 Å². The smallest absolute Gasteiger partial charge is 0.332 e. The lowest BCUT2D eigenvalue weighted by Crippen LogP contribution is -2.42. The summed E-state index contributed by atoms with van der Waals surface area (Å²) in [6, 6.07) is 0. The zero-order valence-electron chi connectivity index (χ0n) is 16.0. The maximum atomic E-state index is 13.1. The van der Waals surface area contributed by atoms with Crippen molar-refractivity contribution in [2.45, 2.75) is 45.5 Å². The molecule has 2 aromatic rings. The first-order valence-corrected chi connectivity index (χ1v) is 10.2. The second-order valence-corrected chi connectivity index (χ2v) is 7.86. The van der Waals surface area contributed by atoms with Crippen LogP contribution in [0.15, 0.2) is 9.59 Å². The summed E-state index contributed by atoms with van der Waals surface area (Å²) < 4.78 is 13.8. The molecule has 1 saturated heterocycles. The number of aromatic nitrogens is 2. The second-order valence-electron chi connectivity index (χ2n) is 6.77. The molecule has 0 radical (unpaired) electrons. The van der Waals surface area contributed by atoms with E-state index in [1.54, 1.807) is 11.7 Å². The molecule has 1 unspecified atom stereocenters. The molecule has 1 aliphatic rings. The van der Waals surface area contributed by atoms with E-state index in [0.29, 0.717) is 38.2 Å². The van der Waals surface area contributed by atoms with E-state index >= 15 is 0 Å². The van der Waals surface area contributed by atoms with Gasteiger partial charge in [0.05, 0.1) is 31.2 Å². The predicted molar refractivity (Wildman–Crippen MR) is 107 cm³/mol. The van der Waals surface area contributed by atoms with Crippen molar-refractivity contribution in [1.29, 1.82) is 0 Å². The quantitative estimate of drug-likeness (QED) is 0.596. The fourth-order valence-electron chi connectivity index (χ4n) is 3.45. The number of hydrogen-bond donors (Lipinski definition) is 2. The van der Waals surface area contributed by atoms with Gasteiger partial charge in [-0.2, -0.15) is 0 Å². The van der Waals surface area contributed by atoms with E-state index in [1.165, 1.54) is 15.9 Å². The third kappa shape index (κ3) is 4.17. The SMILES string of the molecule is COCCn1c(=O)c2c(C)c(CNCCN)sc2n(CC2CCCO2)c1=O. The van der Waals surface area contributed by atoms with Gasteiger partial charge in [0.1, 0.15) is 4.83 Å². The second kappa shape index (κ2) is 9.11. The number of nitrogens with one attached hydrogen (secondary N) is 1. The predicted octanol–water partition coefficient (Wildman–Crippen LogP) is 0.407. The van der Waals surface area contributed by atoms with Crippen molar-refractivity contribution < 1.29 is 9.47 Å². The highest BCUT2D eigenvalue weighted by atomic mass is 32.1. The van der Waals surface area contributed by atoms with Gasteiger partial charge in [-0.15, -0.1) is 11.3 Å². The van der Waals surface area contributed by atoms with E-state index in [9.17, 15) is 9.59 Å². The molecule has 0 amide bonds. The minimum absolute atomic E-state index is 0.0144. The monoisotopic (exact) mass is 396 g/mol. The summed E-state index contributed by atoms with van der Waals surface area (Å²) in [5.41, 5.74) is 5.95. The third-order valence-corrected chi connectivity index (χ3v) is 6.24. The van der Waals surface area contributed by atoms with Gasteiger partial charge in [-0.1, -0.05) is 0 Å². The summed E-state index contributed by atoms with van der Waals surface area (Å²) in [6.07, 6.45) is 1.95. The molecule has 3 heterocycles. The van der Waals surface area contributed by atoms with E-state index in [4.69, 9.17) is 15.2 Å². The molecule has 1 aliphatic heterocycles. The minimum Gasteiger partial charge on any atom is -0.383 e. The Labute approximate surface area is 161 Å². The highest BCUT2D eigenvalue weighted by Crippen LogP contribution is 2.28. The lowest BCUT2D eigenvalue weighted by atomic mass is 10.2. The Morgan fingerprint density at radius 2 is 2.19 bits per heavy atom. The molecule has 0 spiro atoms. The molecule has 8 nitrogen and oxygen atoms in total. The highest BCUT2D eigenvalue weighted by molar-refractivity contribution is 7.18. The zero-order chi connectivity index (χ0) is 19.4. The standard InChI is InChI=1S/C18H28N4O4S/c1-12-14(10-20-6-5-19)27-17-15(12)16(23)21(7-9-25-2)18(24)22(17)11-13-4-3-8-26-13/h13,20H,3-11,19H2,1-2H3. The number of nitrogens with two attached hydrogens (primary N) is 1. The first-order valence-electron chi connectivity index (χ1n) is 9.35. The summed E-state index contributed by atoms with van der Waals surface area (Å²) in [7, 11) is 1.56. The number of ether oxygens (including phenoxy) is 2. The highest BCUT2D eigenvalue weighted by Gasteiger charge is 2.23. The van der Waals surface area contributed by atoms with E-state index in [2.05, 4.69) is 5.32 Å². The maximum absolute atomic E-state index is 13.1. The molecule has 0 aliphatic carbocycles. The van der Waals surface area contributed by atoms with Crippen LogP contribution in [0, 0.1) is 6.92 Å². The van der Waals surface area contributed by atoms with E-state index in [1.807, 2.05) is 6.92 Å². The van der Waals surface area contributed by atoms with Crippen LogP contribution in [-0.2, 0) is 29.1 Å². The average Bonchev–Trinajstić information content (AvgIpc) is 3.27. The number of methoxy groups -OCH3 is 1. The number of aryl methyl sites for hydroxylation is 1. The summed E-state index contributed by atoms with van der Waals surface area (Å²) in [4.78, 5) is 27.9. The van der Waals surface area contributed by atoms with Crippen molar-refractivity contribution in [1.82, 2.24) is 14.5 Å². The van der Waals surface area contributed by atoms with Gasteiger partial charge in [-0.05, 0) is 25.3 Å². The summed E-state index contributed by atoms with van der Waals surface area (Å²) in [6.45, 7) is 5.59. The van der Waals surface area contributed by atoms with Gasteiger partial charge >= 0.3 is 5.69 Å². The Morgan fingerprint density at radius 3 is 2.85 bits per heavy atom. The zero-order valence-corrected chi connectivity index (χ0v) is 16.8. The first-order chi connectivity index (χ1) is 13.1. The van der Waals surface area contributed by atoms with Crippen LogP contribution in [0.1, 0.15) is 23.3 Å². The molecule has 2 aromatic heterocycles. The molecule has 0 aromatic carbocycles. The molecule has 1 atom stereocenters. The van der Waals surface area contributed by atoms with Crippen LogP contribution in [0.3, 0.4) is 0 Å². The van der Waals surface area contributed by atoms with Crippen molar-refractivity contribution in [2.24, 2.45) is 5.73 Å². The number of thiophene rings is 1. The fourth-order valence-corrected chi connectivity index (χ4v) is 4.71. The Balaban J connectivity index is 2.11. The van der Waals surface area contributed by atoms with Crippen molar-refractivity contribution in [3.63, 3.8) is 0 Å². The van der Waals surface area contributed by atoms with Gasteiger partial charge in [0.15, 0.2) is 0 Å². The Hall–Kier alpha value is -1.52. The molecule has 1 fully saturated rings. The summed E-state index contributed by atoms with van der Waals surface area (Å²) >= 11 is 1.50. The fraction of sp³-hybridized carbons (Fsp3) is 0.667. The average molecular weight is 397 g/mol. The molecule has 0 bridgehead atoms. The summed E-state index contributed by atoms with van der Waals surface area (Å²) in [5, 5.41) is 3.90. The Bertz CT molecular complexity index is 895. The molecule has 9 heteroatoms. The molecule has 3 N–H and O–H groups in total. The lowest BCUT2D eigenvalue weighted by Gasteiger charge is -2.15. The van der Waals surface area contributed by atoms with Crippen LogP contribution in [0.2, 0.25) is 0 Å². The number of hydrogen-bond acceptors (Lipinski definition) is 7. The number of fused-ring (bicyclic) bond motifs is 1. The Morgan fingerprint density at radius 1 is 1.37 bits per heavy atom. The Kier molecular flexibility index (Phi) is 6.83. The molecular weight excluding hydrogens is 368 g/mol. The maximum Gasteiger partial charge on any atom is 0.332 e. The van der Waals surface area contributed by atoms with Crippen molar-refractivity contribution in [2.75, 3.05) is 33.4 Å². The van der Waals surface area contributed by atoms with E-state index < -0.39 is 0 Å². The van der Waals surface area contributed by atoms with E-state index in [0.717, 1.165) is 34.7 Å². The van der Waals surface area contributed by atoms with Crippen LogP contribution in [-0.4, -0.2) is 48.7 Å². The normalized spacial score (nSPS) is 17.2. The largest absolute Gasteiger partial charge is 0.383 e. The minimum atomic E-state index is -0.289. The first kappa shape index (κ1) is 20.2. The lowest BCUT2D eigenvalue weighted by molar-refractivity contribution is 0.0964. The van der Waals surface area contributed by atoms with Crippen molar-refractivity contribution in [3.05, 3.63) is 31.3 Å². The molecule has 27 heavy (non-hydrogen) atoms. The van der Waals surface area contributed by atoms with Crippen LogP contribution >= 0.6 is 11.3 Å². The van der Waals surface area contributed by atoms with Gasteiger partial charge in [-0.3, -0.25) is 13.9 Å². The number of nitrogens with zero attached hydrogens (tertiary/aromatic N) is 2. The van der Waals surface area contributed by atoms with Gasteiger partial charge in [0.25, 0.3) is 5.56 Å². The third-order valence-electron chi connectivity index (χ3n) is 4.93. The molecular formula is C18H28N4O4S. The van der Waals surface area contributed by atoms with Gasteiger partial charge in [0.2, 0.25) is 0 Å². The van der Waals surface area contributed by atoms with Gasteiger partial charge in [-0.25, -0.2) is 4.79 Å². The van der Waals surface area contributed by atoms with Crippen LogP contribution in [0.4, 0.5) is 0 Å². The van der Waals surface area contributed by atoms with Gasteiger partial charge in [0, 0.05) is 38.2 Å². The molecule has 0 saturated carbocycles. The van der Waals surface area contributed by atoms with Gasteiger partial charge < -0.3 is 20.5 Å². The topological polar surface area (TPSA) is 101 Å². The van der Waals surface area contributed by atoms with Crippen molar-refractivity contribution in [3.8, 4) is 0 Å². The molecule has 150 valence electrons. The molecule has 3 rings (SSSR count). The number of rotatable bonds is 9. The van der Waals surface area contributed by atoms with Crippen molar-refractivity contribution >= 4 is 21.6 Å². The van der Waals surface area contributed by atoms with Crippen LogP contribution < -0.4 is 22.3 Å².